The molecular formula is C14H21N. The van der Waals surface area contributed by atoms with Gasteiger partial charge in [0.05, 0.1) is 0 Å². The summed E-state index contributed by atoms with van der Waals surface area (Å²) >= 11 is 0. The highest BCUT2D eigenvalue weighted by Gasteiger charge is 1.97. The van der Waals surface area contributed by atoms with E-state index in [9.17, 15) is 0 Å². The topological polar surface area (TPSA) is 12.0 Å². The van der Waals surface area contributed by atoms with E-state index in [0.29, 0.717) is 0 Å². The number of benzene rings is 1. The third-order valence-corrected chi connectivity index (χ3v) is 2.62. The van der Waals surface area contributed by atoms with Crippen LogP contribution in [-0.4, -0.2) is 13.6 Å². The molecular weight excluding hydrogens is 182 g/mol. The Bertz CT molecular complexity index is 326. The summed E-state index contributed by atoms with van der Waals surface area (Å²) in [5.41, 5.74) is 4.29. The van der Waals surface area contributed by atoms with Crippen molar-refractivity contribution in [3.63, 3.8) is 0 Å². The van der Waals surface area contributed by atoms with Crippen LogP contribution in [0.4, 0.5) is 0 Å². The van der Waals surface area contributed by atoms with Crippen molar-refractivity contribution in [1.82, 2.24) is 5.32 Å². The third kappa shape index (κ3) is 4.30. The number of aryl methyl sites for hydroxylation is 1. The molecule has 1 N–H and O–H groups in total. The van der Waals surface area contributed by atoms with E-state index in [1.807, 2.05) is 7.05 Å². The fourth-order valence-electron chi connectivity index (χ4n) is 1.64. The fraction of sp³-hybridized carbons (Fsp3) is 0.429. The minimum atomic E-state index is 1.06. The largest absolute Gasteiger partial charge is 0.319 e. The van der Waals surface area contributed by atoms with Crippen molar-refractivity contribution in [2.75, 3.05) is 13.6 Å². The maximum atomic E-state index is 3.15. The molecule has 0 heterocycles. The van der Waals surface area contributed by atoms with Crippen molar-refractivity contribution in [1.29, 1.82) is 0 Å². The predicted molar refractivity (Wildman–Crippen MR) is 67.2 cm³/mol. The first-order chi connectivity index (χ1) is 7.24. The van der Waals surface area contributed by atoms with Crippen LogP contribution in [-0.2, 0) is 6.42 Å². The molecule has 0 aliphatic carbocycles. The zero-order valence-electron chi connectivity index (χ0n) is 10.0. The maximum Gasteiger partial charge on any atom is -0.00172 e. The Kier molecular flexibility index (Phi) is 5.13. The summed E-state index contributed by atoms with van der Waals surface area (Å²) in [6.45, 7) is 5.45. The quantitative estimate of drug-likeness (QED) is 0.573. The minimum Gasteiger partial charge on any atom is -0.319 e. The summed E-state index contributed by atoms with van der Waals surface area (Å²) in [4.78, 5) is 0. The van der Waals surface area contributed by atoms with Crippen molar-refractivity contribution in [3.05, 3.63) is 47.0 Å². The second kappa shape index (κ2) is 6.41. The van der Waals surface area contributed by atoms with Crippen LogP contribution in [0.25, 0.3) is 0 Å². The second-order valence-electron chi connectivity index (χ2n) is 4.05. The number of nitrogens with one attached hydrogen (secondary N) is 1. The molecule has 0 saturated carbocycles. The lowest BCUT2D eigenvalue weighted by Gasteiger charge is -2.05. The Balaban J connectivity index is 2.54. The van der Waals surface area contributed by atoms with Gasteiger partial charge in [0.15, 0.2) is 0 Å². The Hall–Kier alpha value is -1.08. The fourth-order valence-corrected chi connectivity index (χ4v) is 1.64. The van der Waals surface area contributed by atoms with Crippen LogP contribution in [0.5, 0.6) is 0 Å². The highest BCUT2D eigenvalue weighted by atomic mass is 14.8. The van der Waals surface area contributed by atoms with E-state index in [1.54, 1.807) is 0 Å². The predicted octanol–water partition coefficient (Wildman–Crippen LogP) is 3.09. The highest BCUT2D eigenvalue weighted by Crippen LogP contribution is 2.12. The summed E-state index contributed by atoms with van der Waals surface area (Å²) in [7, 11) is 1.99. The summed E-state index contributed by atoms with van der Waals surface area (Å²) in [5.74, 6) is 0. The molecule has 0 bridgehead atoms. The van der Waals surface area contributed by atoms with Crippen molar-refractivity contribution in [2.24, 2.45) is 0 Å². The summed E-state index contributed by atoms with van der Waals surface area (Å²) < 4.78 is 0. The average Bonchev–Trinajstić information content (AvgIpc) is 2.22. The van der Waals surface area contributed by atoms with Gasteiger partial charge in [0.1, 0.15) is 0 Å². The number of hydrogen-bond donors (Lipinski definition) is 1. The minimum absolute atomic E-state index is 1.06. The molecule has 1 heteroatoms. The van der Waals surface area contributed by atoms with E-state index in [-0.39, 0.29) is 0 Å². The van der Waals surface area contributed by atoms with Gasteiger partial charge < -0.3 is 5.32 Å². The van der Waals surface area contributed by atoms with Gasteiger partial charge in [-0.2, -0.15) is 0 Å². The molecule has 0 aliphatic heterocycles. The summed E-state index contributed by atoms with van der Waals surface area (Å²) in [6, 6.07) is 8.60. The van der Waals surface area contributed by atoms with E-state index < -0.39 is 0 Å². The summed E-state index contributed by atoms with van der Waals surface area (Å²) in [5, 5.41) is 3.15. The van der Waals surface area contributed by atoms with Crippen LogP contribution in [0.15, 0.2) is 35.9 Å². The van der Waals surface area contributed by atoms with Gasteiger partial charge in [-0.15, -0.1) is 0 Å². The van der Waals surface area contributed by atoms with Gasteiger partial charge in [-0.25, -0.2) is 0 Å². The molecule has 0 radical (unpaired) electrons. The average molecular weight is 203 g/mol. The Morgan fingerprint density at radius 2 is 2.07 bits per heavy atom. The standard InChI is InChI=1S/C14H21N/c1-12(7-6-10-15-3)11-14-9-5-4-8-13(14)2/h4-5,7-9,15H,6,10-11H2,1-3H3. The van der Waals surface area contributed by atoms with Crippen LogP contribution in [0.1, 0.15) is 24.5 Å². The van der Waals surface area contributed by atoms with E-state index in [0.717, 1.165) is 19.4 Å². The van der Waals surface area contributed by atoms with E-state index in [2.05, 4.69) is 49.5 Å². The molecule has 1 nitrogen and oxygen atoms in total. The Morgan fingerprint density at radius 1 is 1.33 bits per heavy atom. The van der Waals surface area contributed by atoms with Gasteiger partial charge >= 0.3 is 0 Å². The highest BCUT2D eigenvalue weighted by molar-refractivity contribution is 5.29. The van der Waals surface area contributed by atoms with Gasteiger partial charge in [0, 0.05) is 0 Å². The molecule has 0 unspecified atom stereocenters. The zero-order chi connectivity index (χ0) is 11.1. The smallest absolute Gasteiger partial charge is 0.00172 e. The molecule has 82 valence electrons. The van der Waals surface area contributed by atoms with Gasteiger partial charge in [0.2, 0.25) is 0 Å². The van der Waals surface area contributed by atoms with E-state index >= 15 is 0 Å². The van der Waals surface area contributed by atoms with Crippen molar-refractivity contribution in [3.8, 4) is 0 Å². The van der Waals surface area contributed by atoms with Crippen molar-refractivity contribution in [2.45, 2.75) is 26.7 Å². The van der Waals surface area contributed by atoms with Gasteiger partial charge in [0.25, 0.3) is 0 Å². The lowest BCUT2D eigenvalue weighted by Crippen LogP contribution is -2.06. The molecule has 0 aliphatic rings. The number of hydrogen-bond acceptors (Lipinski definition) is 1. The molecule has 0 aromatic heterocycles. The Labute approximate surface area is 93.2 Å². The monoisotopic (exact) mass is 203 g/mol. The molecule has 15 heavy (non-hydrogen) atoms. The van der Waals surface area contributed by atoms with Crippen LogP contribution in [0.3, 0.4) is 0 Å². The zero-order valence-corrected chi connectivity index (χ0v) is 10.0. The first kappa shape index (κ1) is 12.0. The van der Waals surface area contributed by atoms with Crippen molar-refractivity contribution >= 4 is 0 Å². The Morgan fingerprint density at radius 3 is 2.73 bits per heavy atom. The van der Waals surface area contributed by atoms with E-state index in [4.69, 9.17) is 0 Å². The van der Waals surface area contributed by atoms with Gasteiger partial charge in [-0.1, -0.05) is 35.9 Å². The molecule has 1 aromatic carbocycles. The molecule has 0 fully saturated rings. The van der Waals surface area contributed by atoms with E-state index in [1.165, 1.54) is 16.7 Å². The molecule has 0 atom stereocenters. The lowest BCUT2D eigenvalue weighted by atomic mass is 10.0. The lowest BCUT2D eigenvalue weighted by molar-refractivity contribution is 0.802. The van der Waals surface area contributed by atoms with Crippen LogP contribution in [0.2, 0.25) is 0 Å². The van der Waals surface area contributed by atoms with Gasteiger partial charge in [-0.05, 0) is 51.4 Å². The maximum absolute atomic E-state index is 3.15. The summed E-state index contributed by atoms with van der Waals surface area (Å²) in [6.07, 6.45) is 4.52. The number of allylic oxidation sites excluding steroid dienone is 1. The van der Waals surface area contributed by atoms with Crippen molar-refractivity contribution < 1.29 is 0 Å². The van der Waals surface area contributed by atoms with Crippen LogP contribution in [0, 0.1) is 6.92 Å². The first-order valence-electron chi connectivity index (χ1n) is 5.58. The van der Waals surface area contributed by atoms with Crippen LogP contribution < -0.4 is 5.32 Å². The molecule has 0 amide bonds. The first-order valence-corrected chi connectivity index (χ1v) is 5.58. The van der Waals surface area contributed by atoms with Gasteiger partial charge in [-0.3, -0.25) is 0 Å². The SMILES string of the molecule is CNCCC=C(C)Cc1ccccc1C. The third-order valence-electron chi connectivity index (χ3n) is 2.62. The molecule has 1 aromatic rings. The molecule has 1 rings (SSSR count). The second-order valence-corrected chi connectivity index (χ2v) is 4.05. The number of rotatable bonds is 5. The molecule has 0 spiro atoms. The molecule has 0 saturated heterocycles. The van der Waals surface area contributed by atoms with Crippen LogP contribution >= 0.6 is 0 Å². The normalized spacial score (nSPS) is 11.8.